The van der Waals surface area contributed by atoms with Crippen LogP contribution in [0.2, 0.25) is 5.02 Å². The minimum Gasteiger partial charge on any atom is -0.350 e. The highest BCUT2D eigenvalue weighted by Crippen LogP contribution is 2.24. The number of carbonyl (C=O) groups excluding carboxylic acids is 2. The van der Waals surface area contributed by atoms with Gasteiger partial charge in [-0.3, -0.25) is 19.7 Å². The smallest absolute Gasteiger partial charge is 0.269 e. The van der Waals surface area contributed by atoms with Crippen LogP contribution in [0.5, 0.6) is 0 Å². The van der Waals surface area contributed by atoms with Gasteiger partial charge in [-0.05, 0) is 44.2 Å². The number of nitrogens with zero attached hydrogens (tertiary/aromatic N) is 1. The Morgan fingerprint density at radius 3 is 2.44 bits per heavy atom. The topological polar surface area (TPSA) is 101 Å². The molecule has 0 spiro atoms. The van der Waals surface area contributed by atoms with Crippen molar-refractivity contribution in [1.82, 2.24) is 5.32 Å². The molecule has 2 rings (SSSR count). The number of nitro groups is 1. The van der Waals surface area contributed by atoms with Crippen LogP contribution < -0.4 is 10.6 Å². The van der Waals surface area contributed by atoms with E-state index in [1.807, 2.05) is 13.8 Å². The summed E-state index contributed by atoms with van der Waals surface area (Å²) in [5.74, 6) is -0.547. The molecule has 0 bridgehead atoms. The maximum Gasteiger partial charge on any atom is 0.269 e. The minimum absolute atomic E-state index is 0.0106. The number of nitrogens with one attached hydrogen (secondary N) is 2. The van der Waals surface area contributed by atoms with Gasteiger partial charge >= 0.3 is 0 Å². The Morgan fingerprint density at radius 1 is 1.19 bits per heavy atom. The van der Waals surface area contributed by atoms with Gasteiger partial charge in [-0.25, -0.2) is 0 Å². The zero-order chi connectivity index (χ0) is 20.0. The lowest BCUT2D eigenvalue weighted by Gasteiger charge is -2.13. The van der Waals surface area contributed by atoms with Crippen molar-refractivity contribution in [3.05, 3.63) is 63.2 Å². The number of anilines is 1. The predicted octanol–water partition coefficient (Wildman–Crippen LogP) is 4.12. The van der Waals surface area contributed by atoms with Gasteiger partial charge in [0.2, 0.25) is 5.91 Å². The molecular formula is C18H18ClN3O4S. The fourth-order valence-corrected chi connectivity index (χ4v) is 3.03. The molecule has 0 radical (unpaired) electrons. The molecule has 142 valence electrons. The summed E-state index contributed by atoms with van der Waals surface area (Å²) in [5.41, 5.74) is 0.639. The van der Waals surface area contributed by atoms with Crippen molar-refractivity contribution in [1.29, 1.82) is 0 Å². The first-order valence-corrected chi connectivity index (χ1v) is 9.40. The molecule has 27 heavy (non-hydrogen) atoms. The molecule has 7 nitrogen and oxygen atoms in total. The van der Waals surface area contributed by atoms with Gasteiger partial charge < -0.3 is 10.6 Å². The summed E-state index contributed by atoms with van der Waals surface area (Å²) in [6.07, 6.45) is 0. The normalized spacial score (nSPS) is 10.5. The van der Waals surface area contributed by atoms with Crippen molar-refractivity contribution >= 4 is 46.6 Å². The van der Waals surface area contributed by atoms with E-state index in [1.54, 1.807) is 24.3 Å². The van der Waals surface area contributed by atoms with E-state index in [0.717, 1.165) is 4.90 Å². The van der Waals surface area contributed by atoms with Crippen molar-refractivity contribution in [2.75, 3.05) is 11.1 Å². The molecule has 2 amide bonds. The quantitative estimate of drug-likeness (QED) is 0.408. The number of hydrogen-bond donors (Lipinski definition) is 2. The number of amides is 2. The number of thioether (sulfide) groups is 1. The van der Waals surface area contributed by atoms with Gasteiger partial charge in [-0.2, -0.15) is 0 Å². The summed E-state index contributed by atoms with van der Waals surface area (Å²) < 4.78 is 0. The van der Waals surface area contributed by atoms with E-state index in [1.165, 1.54) is 30.0 Å². The third kappa shape index (κ3) is 6.26. The summed E-state index contributed by atoms with van der Waals surface area (Å²) in [7, 11) is 0. The molecule has 0 unspecified atom stereocenters. The lowest BCUT2D eigenvalue weighted by Crippen LogP contribution is -2.31. The Balaban J connectivity index is 2.03. The van der Waals surface area contributed by atoms with Crippen molar-refractivity contribution < 1.29 is 14.5 Å². The second-order valence-electron chi connectivity index (χ2n) is 5.91. The number of benzene rings is 2. The SMILES string of the molecule is CC(C)NC(=O)c1ccc(Cl)cc1NC(=O)CSc1ccc([N+](=O)[O-])cc1. The van der Waals surface area contributed by atoms with Crippen LogP contribution in [0.4, 0.5) is 11.4 Å². The molecule has 0 aromatic heterocycles. The van der Waals surface area contributed by atoms with E-state index in [9.17, 15) is 19.7 Å². The monoisotopic (exact) mass is 407 g/mol. The Bertz CT molecular complexity index is 856. The molecular weight excluding hydrogens is 390 g/mol. The molecule has 0 fully saturated rings. The van der Waals surface area contributed by atoms with E-state index in [2.05, 4.69) is 10.6 Å². The highest BCUT2D eigenvalue weighted by Gasteiger charge is 2.15. The van der Waals surface area contributed by atoms with Crippen LogP contribution in [0.15, 0.2) is 47.4 Å². The van der Waals surface area contributed by atoms with Gasteiger partial charge in [0.25, 0.3) is 11.6 Å². The summed E-state index contributed by atoms with van der Waals surface area (Å²) in [5, 5.41) is 16.5. The molecule has 0 heterocycles. The first kappa shape index (κ1) is 20.7. The fourth-order valence-electron chi connectivity index (χ4n) is 2.16. The third-order valence-corrected chi connectivity index (χ3v) is 4.58. The van der Waals surface area contributed by atoms with Crippen LogP contribution >= 0.6 is 23.4 Å². The molecule has 0 aliphatic heterocycles. The van der Waals surface area contributed by atoms with Gasteiger partial charge in [-0.15, -0.1) is 11.8 Å². The molecule has 0 saturated heterocycles. The van der Waals surface area contributed by atoms with Crippen LogP contribution in [-0.2, 0) is 4.79 Å². The Hall–Kier alpha value is -2.58. The van der Waals surface area contributed by atoms with Crippen LogP contribution in [0.3, 0.4) is 0 Å². The molecule has 0 saturated carbocycles. The van der Waals surface area contributed by atoms with E-state index < -0.39 is 4.92 Å². The second kappa shape index (κ2) is 9.38. The first-order valence-electron chi connectivity index (χ1n) is 8.04. The van der Waals surface area contributed by atoms with Gasteiger partial charge in [0, 0.05) is 28.1 Å². The highest BCUT2D eigenvalue weighted by atomic mass is 35.5. The van der Waals surface area contributed by atoms with Crippen LogP contribution in [0.25, 0.3) is 0 Å². The number of rotatable bonds is 7. The van der Waals surface area contributed by atoms with E-state index >= 15 is 0 Å². The van der Waals surface area contributed by atoms with E-state index in [-0.39, 0.29) is 29.3 Å². The molecule has 2 aromatic rings. The maximum absolute atomic E-state index is 12.3. The molecule has 9 heteroatoms. The zero-order valence-corrected chi connectivity index (χ0v) is 16.3. The van der Waals surface area contributed by atoms with Crippen molar-refractivity contribution in [2.45, 2.75) is 24.8 Å². The Kier molecular flexibility index (Phi) is 7.20. The lowest BCUT2D eigenvalue weighted by molar-refractivity contribution is -0.384. The average molecular weight is 408 g/mol. The summed E-state index contributed by atoms with van der Waals surface area (Å²) in [6, 6.07) is 10.5. The molecule has 2 N–H and O–H groups in total. The number of hydrogen-bond acceptors (Lipinski definition) is 5. The molecule has 0 aliphatic rings. The van der Waals surface area contributed by atoms with Crippen molar-refractivity contribution in [2.24, 2.45) is 0 Å². The largest absolute Gasteiger partial charge is 0.350 e. The van der Waals surface area contributed by atoms with Gasteiger partial charge in [0.1, 0.15) is 0 Å². The van der Waals surface area contributed by atoms with Gasteiger partial charge in [0.05, 0.1) is 21.9 Å². The summed E-state index contributed by atoms with van der Waals surface area (Å²) in [6.45, 7) is 3.68. The lowest BCUT2D eigenvalue weighted by atomic mass is 10.1. The summed E-state index contributed by atoms with van der Waals surface area (Å²) in [4.78, 5) is 35.4. The predicted molar refractivity (Wildman–Crippen MR) is 107 cm³/mol. The highest BCUT2D eigenvalue weighted by molar-refractivity contribution is 8.00. The zero-order valence-electron chi connectivity index (χ0n) is 14.7. The average Bonchev–Trinajstić information content (AvgIpc) is 2.59. The standard InChI is InChI=1S/C18H18ClN3O4S/c1-11(2)20-18(24)15-8-3-12(19)9-16(15)21-17(23)10-27-14-6-4-13(5-7-14)22(25)26/h3-9,11H,10H2,1-2H3,(H,20,24)(H,21,23). The third-order valence-electron chi connectivity index (χ3n) is 3.34. The van der Waals surface area contributed by atoms with Gasteiger partial charge in [-0.1, -0.05) is 11.6 Å². The maximum atomic E-state index is 12.3. The molecule has 2 aromatic carbocycles. The Labute approximate surface area is 165 Å². The number of halogens is 1. The van der Waals surface area contributed by atoms with Crippen molar-refractivity contribution in [3.63, 3.8) is 0 Å². The first-order chi connectivity index (χ1) is 12.8. The van der Waals surface area contributed by atoms with Crippen LogP contribution in [-0.4, -0.2) is 28.5 Å². The van der Waals surface area contributed by atoms with E-state index in [0.29, 0.717) is 16.3 Å². The number of non-ortho nitro benzene ring substituents is 1. The van der Waals surface area contributed by atoms with E-state index in [4.69, 9.17) is 11.6 Å². The number of nitro benzene ring substituents is 1. The molecule has 0 aliphatic carbocycles. The van der Waals surface area contributed by atoms with Gasteiger partial charge in [0.15, 0.2) is 0 Å². The number of carbonyl (C=O) groups is 2. The summed E-state index contributed by atoms with van der Waals surface area (Å²) >= 11 is 7.21. The second-order valence-corrected chi connectivity index (χ2v) is 7.39. The van der Waals surface area contributed by atoms with Crippen molar-refractivity contribution in [3.8, 4) is 0 Å². The fraction of sp³-hybridized carbons (Fsp3) is 0.222. The Morgan fingerprint density at radius 2 is 1.85 bits per heavy atom. The minimum atomic E-state index is -0.482. The van der Waals surface area contributed by atoms with Crippen LogP contribution in [0.1, 0.15) is 24.2 Å². The van der Waals surface area contributed by atoms with Crippen LogP contribution in [0, 0.1) is 10.1 Å². The molecule has 0 atom stereocenters.